The molecule has 1 amide bonds. The Morgan fingerprint density at radius 2 is 1.56 bits per heavy atom. The lowest BCUT2D eigenvalue weighted by Gasteiger charge is -2.26. The molecule has 1 atom stereocenters. The maximum Gasteiger partial charge on any atom is 0.262 e. The van der Waals surface area contributed by atoms with E-state index >= 15 is 0 Å². The number of methoxy groups -OCH3 is 2. The van der Waals surface area contributed by atoms with Crippen molar-refractivity contribution in [3.8, 4) is 11.5 Å². The van der Waals surface area contributed by atoms with E-state index in [-0.39, 0.29) is 22.4 Å². The first-order chi connectivity index (χ1) is 16.3. The van der Waals surface area contributed by atoms with E-state index in [0.29, 0.717) is 18.0 Å². The first-order valence-corrected chi connectivity index (χ1v) is 12.1. The second-order valence-corrected chi connectivity index (χ2v) is 9.45. The van der Waals surface area contributed by atoms with Crippen LogP contribution < -0.4 is 19.5 Å². The van der Waals surface area contributed by atoms with Gasteiger partial charge in [0.25, 0.3) is 15.9 Å². The highest BCUT2D eigenvalue weighted by atomic mass is 32.2. The molecule has 0 aromatic heterocycles. The van der Waals surface area contributed by atoms with Crippen LogP contribution >= 0.6 is 0 Å². The summed E-state index contributed by atoms with van der Waals surface area (Å²) < 4.78 is 39.1. The zero-order valence-electron chi connectivity index (χ0n) is 19.6. The minimum Gasteiger partial charge on any atom is -0.496 e. The van der Waals surface area contributed by atoms with Gasteiger partial charge < -0.3 is 19.7 Å². The van der Waals surface area contributed by atoms with Crippen LogP contribution in [0.4, 0.5) is 5.69 Å². The van der Waals surface area contributed by atoms with Gasteiger partial charge in [-0.05, 0) is 50.5 Å². The number of carbonyl (C=O) groups is 1. The number of hydrogen-bond donors (Lipinski definition) is 2. The fraction of sp³-hybridized carbons (Fsp3) is 0.240. The molecule has 8 nitrogen and oxygen atoms in total. The predicted octanol–water partition coefficient (Wildman–Crippen LogP) is 3.54. The lowest BCUT2D eigenvalue weighted by atomic mass is 10.0. The van der Waals surface area contributed by atoms with Crippen LogP contribution in [0.25, 0.3) is 0 Å². The van der Waals surface area contributed by atoms with Crippen LogP contribution in [0, 0.1) is 0 Å². The Bertz CT molecular complexity index is 1240. The lowest BCUT2D eigenvalue weighted by molar-refractivity contribution is 0.0941. The number of rotatable bonds is 10. The quantitative estimate of drug-likeness (QED) is 0.458. The number of ether oxygens (including phenoxy) is 2. The highest BCUT2D eigenvalue weighted by molar-refractivity contribution is 7.92. The molecule has 3 rings (SSSR count). The molecule has 34 heavy (non-hydrogen) atoms. The molecule has 0 saturated heterocycles. The molecule has 0 bridgehead atoms. The number of nitrogens with one attached hydrogen (secondary N) is 2. The van der Waals surface area contributed by atoms with Crippen molar-refractivity contribution in [3.05, 3.63) is 83.9 Å². The van der Waals surface area contributed by atoms with Crippen LogP contribution in [-0.4, -0.2) is 54.1 Å². The van der Waals surface area contributed by atoms with Crippen LogP contribution in [0.5, 0.6) is 11.5 Å². The Morgan fingerprint density at radius 1 is 0.912 bits per heavy atom. The summed E-state index contributed by atoms with van der Waals surface area (Å²) in [5.74, 6) is 0.744. The monoisotopic (exact) mass is 483 g/mol. The fourth-order valence-corrected chi connectivity index (χ4v) is 4.66. The lowest BCUT2D eigenvalue weighted by Crippen LogP contribution is -2.34. The summed E-state index contributed by atoms with van der Waals surface area (Å²) in [5.41, 5.74) is 1.48. The molecule has 0 fully saturated rings. The number of benzene rings is 3. The van der Waals surface area contributed by atoms with Crippen molar-refractivity contribution >= 4 is 21.6 Å². The molecule has 1 unspecified atom stereocenters. The standard InChI is InChI=1S/C25H29N3O5S/c1-28(2)22(20-12-5-7-14-23(20)32-3)17-26-25(29)18-10-9-11-19(16-18)34(30,31)27-21-13-6-8-15-24(21)33-4/h5-16,22,27H,17H2,1-4H3,(H,26,29). The number of nitrogens with zero attached hydrogens (tertiary/aromatic N) is 1. The van der Waals surface area contributed by atoms with Crippen molar-refractivity contribution < 1.29 is 22.7 Å². The molecule has 9 heteroatoms. The van der Waals surface area contributed by atoms with Gasteiger partial charge in [0.2, 0.25) is 0 Å². The van der Waals surface area contributed by atoms with Gasteiger partial charge in [0.15, 0.2) is 0 Å². The van der Waals surface area contributed by atoms with E-state index in [2.05, 4.69) is 10.0 Å². The van der Waals surface area contributed by atoms with Gasteiger partial charge in [-0.25, -0.2) is 8.42 Å². The Labute approximate surface area is 200 Å². The van der Waals surface area contributed by atoms with Gasteiger partial charge in [-0.1, -0.05) is 36.4 Å². The molecule has 2 N–H and O–H groups in total. The molecular formula is C25H29N3O5S. The third-order valence-corrected chi connectivity index (χ3v) is 6.70. The third-order valence-electron chi connectivity index (χ3n) is 5.34. The Balaban J connectivity index is 1.77. The summed E-state index contributed by atoms with van der Waals surface area (Å²) in [6, 6.07) is 20.1. The van der Waals surface area contributed by atoms with E-state index in [9.17, 15) is 13.2 Å². The Morgan fingerprint density at radius 3 is 2.24 bits per heavy atom. The molecular weight excluding hydrogens is 454 g/mol. The van der Waals surface area contributed by atoms with Crippen LogP contribution in [0.15, 0.2) is 77.7 Å². The van der Waals surface area contributed by atoms with Crippen LogP contribution in [0.2, 0.25) is 0 Å². The minimum absolute atomic E-state index is 0.0278. The smallest absolute Gasteiger partial charge is 0.262 e. The molecule has 0 radical (unpaired) electrons. The second kappa shape index (κ2) is 11.0. The number of carbonyl (C=O) groups excluding carboxylic acids is 1. The van der Waals surface area contributed by atoms with E-state index in [1.165, 1.54) is 25.3 Å². The summed E-state index contributed by atoms with van der Waals surface area (Å²) in [7, 11) is 2.97. The average molecular weight is 484 g/mol. The topological polar surface area (TPSA) is 97.0 Å². The maximum absolute atomic E-state index is 12.9. The molecule has 3 aromatic rings. The van der Waals surface area contributed by atoms with Crippen molar-refractivity contribution in [1.29, 1.82) is 0 Å². The summed E-state index contributed by atoms with van der Waals surface area (Å²) in [6.45, 7) is 0.308. The fourth-order valence-electron chi connectivity index (χ4n) is 3.54. The number of likely N-dealkylation sites (N-methyl/N-ethyl adjacent to an activating group) is 1. The number of hydrogen-bond acceptors (Lipinski definition) is 6. The van der Waals surface area contributed by atoms with E-state index in [4.69, 9.17) is 9.47 Å². The van der Waals surface area contributed by atoms with Crippen molar-refractivity contribution in [3.63, 3.8) is 0 Å². The first-order valence-electron chi connectivity index (χ1n) is 10.6. The zero-order chi connectivity index (χ0) is 24.7. The first kappa shape index (κ1) is 25.1. The summed E-state index contributed by atoms with van der Waals surface area (Å²) in [4.78, 5) is 14.9. The van der Waals surface area contributed by atoms with Gasteiger partial charge in [0.05, 0.1) is 30.8 Å². The molecule has 180 valence electrons. The summed E-state index contributed by atoms with van der Waals surface area (Å²) >= 11 is 0. The van der Waals surface area contributed by atoms with Crippen LogP contribution in [0.3, 0.4) is 0 Å². The van der Waals surface area contributed by atoms with Gasteiger partial charge in [0.1, 0.15) is 11.5 Å². The van der Waals surface area contributed by atoms with E-state index < -0.39 is 10.0 Å². The number of amides is 1. The summed E-state index contributed by atoms with van der Waals surface area (Å²) in [5, 5.41) is 2.91. The molecule has 0 heterocycles. The highest BCUT2D eigenvalue weighted by Gasteiger charge is 2.21. The van der Waals surface area contributed by atoms with Crippen LogP contribution in [-0.2, 0) is 10.0 Å². The minimum atomic E-state index is -3.93. The molecule has 3 aromatic carbocycles. The maximum atomic E-state index is 12.9. The van der Waals surface area contributed by atoms with Gasteiger partial charge >= 0.3 is 0 Å². The average Bonchev–Trinajstić information content (AvgIpc) is 2.84. The predicted molar refractivity (Wildman–Crippen MR) is 132 cm³/mol. The summed E-state index contributed by atoms with van der Waals surface area (Å²) in [6.07, 6.45) is 0. The van der Waals surface area contributed by atoms with Gasteiger partial charge in [0, 0.05) is 17.7 Å². The molecule has 0 aliphatic heterocycles. The van der Waals surface area contributed by atoms with Crippen molar-refractivity contribution in [1.82, 2.24) is 10.2 Å². The zero-order valence-corrected chi connectivity index (χ0v) is 20.4. The molecule has 0 aliphatic carbocycles. The number of sulfonamides is 1. The third kappa shape index (κ3) is 5.86. The Kier molecular flexibility index (Phi) is 8.14. The number of anilines is 1. The van der Waals surface area contributed by atoms with Crippen LogP contribution in [0.1, 0.15) is 22.0 Å². The SMILES string of the molecule is COc1ccccc1NS(=O)(=O)c1cccc(C(=O)NCC(c2ccccc2OC)N(C)C)c1. The van der Waals surface area contributed by atoms with Gasteiger partial charge in [-0.2, -0.15) is 0 Å². The number of para-hydroxylation sites is 3. The van der Waals surface area contributed by atoms with Crippen molar-refractivity contribution in [2.75, 3.05) is 39.6 Å². The van der Waals surface area contributed by atoms with Crippen molar-refractivity contribution in [2.45, 2.75) is 10.9 Å². The van der Waals surface area contributed by atoms with E-state index in [0.717, 1.165) is 11.3 Å². The second-order valence-electron chi connectivity index (χ2n) is 7.76. The Hall–Kier alpha value is -3.56. The van der Waals surface area contributed by atoms with Crippen molar-refractivity contribution in [2.24, 2.45) is 0 Å². The van der Waals surface area contributed by atoms with E-state index in [1.807, 2.05) is 43.3 Å². The van der Waals surface area contributed by atoms with Gasteiger partial charge in [-0.3, -0.25) is 9.52 Å². The molecule has 0 saturated carbocycles. The normalized spacial score (nSPS) is 12.1. The van der Waals surface area contributed by atoms with E-state index in [1.54, 1.807) is 37.4 Å². The molecule has 0 spiro atoms. The highest BCUT2D eigenvalue weighted by Crippen LogP contribution is 2.28. The molecule has 0 aliphatic rings. The largest absolute Gasteiger partial charge is 0.496 e. The van der Waals surface area contributed by atoms with Gasteiger partial charge in [-0.15, -0.1) is 0 Å².